The van der Waals surface area contributed by atoms with E-state index in [4.69, 9.17) is 14.2 Å². The van der Waals surface area contributed by atoms with Crippen LogP contribution in [-0.4, -0.2) is 26.4 Å². The number of allylic oxidation sites excluding steroid dienone is 4. The second-order valence-electron chi connectivity index (χ2n) is 7.97. The highest BCUT2D eigenvalue weighted by Gasteiger charge is 2.32. The molecule has 1 saturated carbocycles. The molecule has 0 aromatic carbocycles. The summed E-state index contributed by atoms with van der Waals surface area (Å²) < 4.78 is 44.2. The van der Waals surface area contributed by atoms with Crippen LogP contribution in [0.5, 0.6) is 0 Å². The van der Waals surface area contributed by atoms with Gasteiger partial charge in [0.1, 0.15) is 18.1 Å². The van der Waals surface area contributed by atoms with Crippen LogP contribution in [0.25, 0.3) is 0 Å². The predicted octanol–water partition coefficient (Wildman–Crippen LogP) is 6.84. The molecule has 2 unspecified atom stereocenters. The van der Waals surface area contributed by atoms with E-state index >= 15 is 0 Å². The number of methoxy groups -OCH3 is 1. The first-order chi connectivity index (χ1) is 13.6. The molecule has 2 aliphatic carbocycles. The summed E-state index contributed by atoms with van der Waals surface area (Å²) in [5.74, 6) is 0.666. The van der Waals surface area contributed by atoms with E-state index in [1.807, 2.05) is 13.8 Å². The molecule has 0 radical (unpaired) electrons. The summed E-state index contributed by atoms with van der Waals surface area (Å²) in [6, 6.07) is 0. The minimum Gasteiger partial charge on any atom is -0.498 e. The summed E-state index contributed by atoms with van der Waals surface area (Å²) in [5.41, 5.74) is 0. The van der Waals surface area contributed by atoms with E-state index in [0.29, 0.717) is 25.4 Å². The minimum absolute atomic E-state index is 0.0191. The Kier molecular flexibility index (Phi) is 9.76. The van der Waals surface area contributed by atoms with Crippen LogP contribution in [0.4, 0.5) is 8.78 Å². The van der Waals surface area contributed by atoms with Gasteiger partial charge in [0.15, 0.2) is 11.7 Å². The van der Waals surface area contributed by atoms with E-state index in [-0.39, 0.29) is 17.6 Å². The third-order valence-corrected chi connectivity index (χ3v) is 6.49. The highest BCUT2D eigenvalue weighted by Crippen LogP contribution is 2.39. The Bertz CT molecular complexity index is 528. The number of hydrogen-bond acceptors (Lipinski definition) is 3. The summed E-state index contributed by atoms with van der Waals surface area (Å²) in [6.45, 7) is 7.37. The van der Waals surface area contributed by atoms with Crippen molar-refractivity contribution in [1.29, 1.82) is 0 Å². The molecule has 3 aliphatic rings. The molecule has 2 fully saturated rings. The Balaban J connectivity index is 0.00000136. The normalized spacial score (nSPS) is 31.2. The molecule has 28 heavy (non-hydrogen) atoms. The number of rotatable bonds is 6. The van der Waals surface area contributed by atoms with Crippen LogP contribution in [0.15, 0.2) is 23.2 Å². The lowest BCUT2D eigenvalue weighted by Gasteiger charge is -2.37. The maximum absolute atomic E-state index is 14.0. The van der Waals surface area contributed by atoms with Gasteiger partial charge in [-0.25, -0.2) is 0 Å². The topological polar surface area (TPSA) is 27.7 Å². The molecule has 0 amide bonds. The molecule has 1 heterocycles. The molecular formula is C23H38F2O3. The molecule has 0 bridgehead atoms. The van der Waals surface area contributed by atoms with Gasteiger partial charge in [-0.2, -0.15) is 8.78 Å². The van der Waals surface area contributed by atoms with E-state index in [9.17, 15) is 8.78 Å². The second-order valence-corrected chi connectivity index (χ2v) is 7.97. The Labute approximate surface area is 169 Å². The van der Waals surface area contributed by atoms with Gasteiger partial charge >= 0.3 is 0 Å². The average Bonchev–Trinajstić information content (AvgIpc) is 2.77. The quantitative estimate of drug-likeness (QED) is 0.488. The maximum atomic E-state index is 14.0. The molecule has 1 aliphatic heterocycles. The molecular weight excluding hydrogens is 362 g/mol. The monoisotopic (exact) mass is 400 g/mol. The van der Waals surface area contributed by atoms with Gasteiger partial charge in [0, 0.05) is 12.8 Å². The molecule has 0 N–H and O–H groups in total. The summed E-state index contributed by atoms with van der Waals surface area (Å²) >= 11 is 0. The van der Waals surface area contributed by atoms with Crippen molar-refractivity contribution >= 4 is 0 Å². The van der Waals surface area contributed by atoms with Crippen LogP contribution in [0.2, 0.25) is 0 Å². The zero-order valence-electron chi connectivity index (χ0n) is 18.1. The Morgan fingerprint density at radius 2 is 1.50 bits per heavy atom. The fourth-order valence-electron chi connectivity index (χ4n) is 4.61. The molecule has 0 aromatic rings. The molecule has 0 spiro atoms. The molecule has 3 rings (SSSR count). The fraction of sp³-hybridized carbons (Fsp3) is 0.826. The number of hydrogen-bond donors (Lipinski definition) is 0. The zero-order valence-corrected chi connectivity index (χ0v) is 18.1. The summed E-state index contributed by atoms with van der Waals surface area (Å²) in [4.78, 5) is 0. The van der Waals surface area contributed by atoms with E-state index in [0.717, 1.165) is 31.3 Å². The van der Waals surface area contributed by atoms with Gasteiger partial charge in [-0.05, 0) is 43.4 Å². The molecule has 162 valence electrons. The third kappa shape index (κ3) is 5.95. The maximum Gasteiger partial charge on any atom is 0.199 e. The molecule has 1 saturated heterocycles. The van der Waals surface area contributed by atoms with Crippen LogP contribution in [-0.2, 0) is 14.2 Å². The third-order valence-electron chi connectivity index (χ3n) is 6.49. The molecule has 5 heteroatoms. The highest BCUT2D eigenvalue weighted by atomic mass is 19.2. The molecule has 3 nitrogen and oxygen atoms in total. The largest absolute Gasteiger partial charge is 0.498 e. The van der Waals surface area contributed by atoms with Crippen LogP contribution >= 0.6 is 0 Å². The van der Waals surface area contributed by atoms with Gasteiger partial charge < -0.3 is 14.2 Å². The summed E-state index contributed by atoms with van der Waals surface area (Å²) in [6.07, 6.45) is 9.43. The zero-order chi connectivity index (χ0) is 20.5. The van der Waals surface area contributed by atoms with Gasteiger partial charge in [-0.3, -0.25) is 0 Å². The lowest BCUT2D eigenvalue weighted by molar-refractivity contribution is -0.0669. The van der Waals surface area contributed by atoms with E-state index in [1.54, 1.807) is 0 Å². The Morgan fingerprint density at radius 1 is 0.893 bits per heavy atom. The van der Waals surface area contributed by atoms with Gasteiger partial charge in [-0.1, -0.05) is 40.0 Å². The first-order valence-corrected chi connectivity index (χ1v) is 11.2. The van der Waals surface area contributed by atoms with Crippen LogP contribution in [0.3, 0.4) is 0 Å². The lowest BCUT2D eigenvalue weighted by atomic mass is 9.73. The van der Waals surface area contributed by atoms with Gasteiger partial charge in [-0.15, -0.1) is 0 Å². The van der Waals surface area contributed by atoms with Gasteiger partial charge in [0.2, 0.25) is 0 Å². The fourth-order valence-corrected chi connectivity index (χ4v) is 4.61. The van der Waals surface area contributed by atoms with Crippen LogP contribution < -0.4 is 0 Å². The van der Waals surface area contributed by atoms with Crippen molar-refractivity contribution in [3.8, 4) is 0 Å². The van der Waals surface area contributed by atoms with Gasteiger partial charge in [0.05, 0.1) is 19.8 Å². The summed E-state index contributed by atoms with van der Waals surface area (Å²) in [5, 5.41) is 0. The minimum atomic E-state index is -0.930. The average molecular weight is 401 g/mol. The van der Waals surface area contributed by atoms with Crippen molar-refractivity contribution in [3.05, 3.63) is 23.2 Å². The van der Waals surface area contributed by atoms with Crippen molar-refractivity contribution in [2.24, 2.45) is 17.8 Å². The van der Waals surface area contributed by atoms with Crippen molar-refractivity contribution in [1.82, 2.24) is 0 Å². The first-order valence-electron chi connectivity index (χ1n) is 11.2. The van der Waals surface area contributed by atoms with Crippen LogP contribution in [0, 0.1) is 17.8 Å². The number of ether oxygens (including phenoxy) is 3. The SMILES string of the molecule is CC.CCC1CCC(C2CCC(COC3=C(F)C(F)=C(OC)CC3)OC2)CC1. The summed E-state index contributed by atoms with van der Waals surface area (Å²) in [7, 11) is 1.36. The van der Waals surface area contributed by atoms with Crippen molar-refractivity contribution in [2.45, 2.75) is 84.7 Å². The van der Waals surface area contributed by atoms with E-state index in [1.165, 1.54) is 39.2 Å². The van der Waals surface area contributed by atoms with Crippen molar-refractivity contribution < 1.29 is 23.0 Å². The van der Waals surface area contributed by atoms with E-state index < -0.39 is 11.7 Å². The van der Waals surface area contributed by atoms with Gasteiger partial charge in [0.25, 0.3) is 0 Å². The standard InChI is InChI=1S/C21H32F2O3.C2H6/c1-3-14-4-6-15(7-5-14)16-8-9-17(25-12-16)13-26-19-11-10-18(24-2)20(22)21(19)23;1-2/h14-17H,3-13H2,1-2H3;1-2H3. The Morgan fingerprint density at radius 3 is 2.07 bits per heavy atom. The highest BCUT2D eigenvalue weighted by molar-refractivity contribution is 5.29. The van der Waals surface area contributed by atoms with Crippen LogP contribution in [0.1, 0.15) is 78.6 Å². The van der Waals surface area contributed by atoms with Crippen molar-refractivity contribution in [2.75, 3.05) is 20.3 Å². The molecule has 2 atom stereocenters. The predicted molar refractivity (Wildman–Crippen MR) is 108 cm³/mol. The van der Waals surface area contributed by atoms with Crippen molar-refractivity contribution in [3.63, 3.8) is 0 Å². The molecule has 0 aromatic heterocycles. The second kappa shape index (κ2) is 11.8. The smallest absolute Gasteiger partial charge is 0.199 e. The lowest BCUT2D eigenvalue weighted by Crippen LogP contribution is -2.34. The van der Waals surface area contributed by atoms with E-state index in [2.05, 4.69) is 6.92 Å². The first kappa shape index (κ1) is 23.2. The Hall–Kier alpha value is -1.10. The number of halogens is 2.